The van der Waals surface area contributed by atoms with Crippen LogP contribution in [0.4, 0.5) is 0 Å². The van der Waals surface area contributed by atoms with E-state index >= 15 is 0 Å². The van der Waals surface area contributed by atoms with E-state index in [2.05, 4.69) is 36.6 Å². The number of rotatable bonds is 2. The zero-order valence-electron chi connectivity index (χ0n) is 7.83. The Labute approximate surface area is 104 Å². The van der Waals surface area contributed by atoms with Crippen molar-refractivity contribution in [2.45, 2.75) is 0 Å². The normalized spacial score (nSPS) is 9.53. The summed E-state index contributed by atoms with van der Waals surface area (Å²) in [4.78, 5) is 11.2. The number of carbonyl (C=O) groups is 1. The van der Waals surface area contributed by atoms with Crippen LogP contribution in [0.1, 0.15) is 15.9 Å². The Morgan fingerprint density at radius 3 is 2.67 bits per heavy atom. The molecule has 1 aromatic rings. The first-order chi connectivity index (χ1) is 7.04. The molecule has 5 heteroatoms. The van der Waals surface area contributed by atoms with Crippen LogP contribution in [0.5, 0.6) is 5.75 Å². The molecule has 0 unspecified atom stereocenters. The van der Waals surface area contributed by atoms with Crippen LogP contribution >= 0.6 is 31.9 Å². The highest BCUT2D eigenvalue weighted by Crippen LogP contribution is 2.25. The molecule has 1 aromatic carbocycles. The van der Waals surface area contributed by atoms with E-state index in [0.29, 0.717) is 14.5 Å². The smallest absolute Gasteiger partial charge is 0.337 e. The second kappa shape index (κ2) is 5.32. The van der Waals surface area contributed by atoms with E-state index < -0.39 is 5.97 Å². The molecule has 0 fully saturated rings. The van der Waals surface area contributed by atoms with Crippen LogP contribution in [0, 0.1) is 0 Å². The average Bonchev–Trinajstić information content (AvgIpc) is 2.19. The molecule has 0 aliphatic heterocycles. The largest absolute Gasteiger partial charge is 0.507 e. The van der Waals surface area contributed by atoms with E-state index in [4.69, 9.17) is 0 Å². The second-order valence-corrected chi connectivity index (χ2v) is 5.47. The van der Waals surface area contributed by atoms with Crippen LogP contribution in [0.15, 0.2) is 21.6 Å². The fourth-order valence-corrected chi connectivity index (χ4v) is 1.53. The number of hydrogen-bond acceptors (Lipinski definition) is 3. The maximum atomic E-state index is 11.2. The quantitative estimate of drug-likeness (QED) is 0.844. The van der Waals surface area contributed by atoms with Crippen LogP contribution in [0.2, 0.25) is 0 Å². The lowest BCUT2D eigenvalue weighted by Gasteiger charge is -2.03. The van der Waals surface area contributed by atoms with Gasteiger partial charge in [-0.2, -0.15) is 0 Å². The Hall–Kier alpha value is -0.810. The molecular weight excluding hydrogens is 328 g/mol. The Bertz CT molecular complexity index is 409. The van der Waals surface area contributed by atoms with Crippen LogP contribution in [-0.4, -0.2) is 18.2 Å². The molecule has 0 amide bonds. The average molecular weight is 336 g/mol. The standard InChI is InChI=1S/C10H8Br2O3/c1-15-10(14)6-2-3-8(13)7(4-6)5-9(11)12/h2-5,13H,1H3. The topological polar surface area (TPSA) is 46.5 Å². The lowest BCUT2D eigenvalue weighted by Crippen LogP contribution is -2.00. The monoisotopic (exact) mass is 334 g/mol. The number of phenols is 1. The van der Waals surface area contributed by atoms with Crippen molar-refractivity contribution in [2.24, 2.45) is 0 Å². The van der Waals surface area contributed by atoms with Crippen molar-refractivity contribution in [1.29, 1.82) is 0 Å². The number of ether oxygens (including phenoxy) is 1. The van der Waals surface area contributed by atoms with E-state index in [1.54, 1.807) is 12.1 Å². The summed E-state index contributed by atoms with van der Waals surface area (Å²) in [6, 6.07) is 4.49. The molecule has 0 aliphatic carbocycles. The fraction of sp³-hybridized carbons (Fsp3) is 0.100. The zero-order valence-corrected chi connectivity index (χ0v) is 11.0. The van der Waals surface area contributed by atoms with Crippen LogP contribution in [0.25, 0.3) is 6.08 Å². The summed E-state index contributed by atoms with van der Waals surface area (Å²) in [5.41, 5.74) is 0.921. The van der Waals surface area contributed by atoms with Gasteiger partial charge in [0.15, 0.2) is 0 Å². The highest BCUT2D eigenvalue weighted by atomic mass is 79.9. The number of benzene rings is 1. The van der Waals surface area contributed by atoms with Gasteiger partial charge in [0.05, 0.1) is 16.1 Å². The van der Waals surface area contributed by atoms with Gasteiger partial charge in [0.1, 0.15) is 5.75 Å². The minimum absolute atomic E-state index is 0.0963. The highest BCUT2D eigenvalue weighted by Gasteiger charge is 2.07. The number of phenolic OH excluding ortho intramolecular Hbond substituents is 1. The number of aromatic hydroxyl groups is 1. The number of esters is 1. The van der Waals surface area contributed by atoms with E-state index in [9.17, 15) is 9.90 Å². The van der Waals surface area contributed by atoms with Gasteiger partial charge in [-0.1, -0.05) is 0 Å². The summed E-state index contributed by atoms with van der Waals surface area (Å²) in [5, 5.41) is 9.50. The minimum Gasteiger partial charge on any atom is -0.507 e. The summed E-state index contributed by atoms with van der Waals surface area (Å²) >= 11 is 6.35. The van der Waals surface area contributed by atoms with Gasteiger partial charge in [-0.15, -0.1) is 0 Å². The summed E-state index contributed by atoms with van der Waals surface area (Å²) in [7, 11) is 1.31. The molecule has 80 valence electrons. The number of hydrogen-bond donors (Lipinski definition) is 1. The molecule has 0 saturated heterocycles. The van der Waals surface area contributed by atoms with Crippen molar-refractivity contribution >= 4 is 43.9 Å². The summed E-state index contributed by atoms with van der Waals surface area (Å²) in [6.45, 7) is 0. The van der Waals surface area contributed by atoms with Crippen molar-refractivity contribution in [3.05, 3.63) is 32.7 Å². The molecule has 0 aliphatic rings. The van der Waals surface area contributed by atoms with Gasteiger partial charge >= 0.3 is 5.97 Å². The van der Waals surface area contributed by atoms with Crippen LogP contribution < -0.4 is 0 Å². The molecule has 0 saturated carbocycles. The van der Waals surface area contributed by atoms with Crippen LogP contribution in [-0.2, 0) is 4.74 Å². The SMILES string of the molecule is COC(=O)c1ccc(O)c(C=C(Br)Br)c1. The molecule has 0 aromatic heterocycles. The molecule has 0 spiro atoms. The number of carbonyl (C=O) groups excluding carboxylic acids is 1. The van der Waals surface area contributed by atoms with Gasteiger partial charge in [0, 0.05) is 5.56 Å². The molecular formula is C10H8Br2O3. The molecule has 0 bridgehead atoms. The van der Waals surface area contributed by atoms with Crippen molar-refractivity contribution in [3.63, 3.8) is 0 Å². The van der Waals surface area contributed by atoms with Crippen molar-refractivity contribution < 1.29 is 14.6 Å². The molecule has 0 atom stereocenters. The van der Waals surface area contributed by atoms with Crippen molar-refractivity contribution in [2.75, 3.05) is 7.11 Å². The van der Waals surface area contributed by atoms with Gasteiger partial charge in [0.25, 0.3) is 0 Å². The Kier molecular flexibility index (Phi) is 4.35. The third-order valence-electron chi connectivity index (χ3n) is 1.71. The summed E-state index contributed by atoms with van der Waals surface area (Å²) in [5.74, 6) is -0.339. The highest BCUT2D eigenvalue weighted by molar-refractivity contribution is 9.28. The molecule has 1 rings (SSSR count). The van der Waals surface area contributed by atoms with Gasteiger partial charge in [-0.05, 0) is 56.1 Å². The second-order valence-electron chi connectivity index (χ2n) is 2.70. The first-order valence-corrected chi connectivity index (χ1v) is 5.57. The first-order valence-electron chi connectivity index (χ1n) is 3.98. The zero-order chi connectivity index (χ0) is 11.4. The maximum absolute atomic E-state index is 11.2. The molecule has 3 nitrogen and oxygen atoms in total. The van der Waals surface area contributed by atoms with Crippen molar-refractivity contribution in [1.82, 2.24) is 0 Å². The number of methoxy groups -OCH3 is 1. The third kappa shape index (κ3) is 3.35. The van der Waals surface area contributed by atoms with Gasteiger partial charge in [-0.3, -0.25) is 0 Å². The minimum atomic E-state index is -0.435. The summed E-state index contributed by atoms with van der Waals surface area (Å²) in [6.07, 6.45) is 1.64. The maximum Gasteiger partial charge on any atom is 0.337 e. The Balaban J connectivity index is 3.16. The molecule has 0 radical (unpaired) electrons. The lowest BCUT2D eigenvalue weighted by molar-refractivity contribution is 0.0600. The Morgan fingerprint density at radius 1 is 1.47 bits per heavy atom. The van der Waals surface area contributed by atoms with E-state index in [1.807, 2.05) is 0 Å². The predicted molar refractivity (Wildman–Crippen MR) is 65.3 cm³/mol. The number of halogens is 2. The van der Waals surface area contributed by atoms with Crippen LogP contribution in [0.3, 0.4) is 0 Å². The predicted octanol–water partition coefficient (Wildman–Crippen LogP) is 3.27. The molecule has 0 heterocycles. The fourth-order valence-electron chi connectivity index (χ4n) is 1.03. The van der Waals surface area contributed by atoms with Gasteiger partial charge in [0.2, 0.25) is 0 Å². The van der Waals surface area contributed by atoms with Gasteiger partial charge in [-0.25, -0.2) is 4.79 Å². The van der Waals surface area contributed by atoms with E-state index in [1.165, 1.54) is 19.2 Å². The van der Waals surface area contributed by atoms with E-state index in [-0.39, 0.29) is 5.75 Å². The lowest BCUT2D eigenvalue weighted by atomic mass is 10.1. The summed E-state index contributed by atoms with van der Waals surface area (Å²) < 4.78 is 5.24. The van der Waals surface area contributed by atoms with E-state index in [0.717, 1.165) is 0 Å². The first kappa shape index (κ1) is 12.3. The molecule has 15 heavy (non-hydrogen) atoms. The molecule has 1 N–H and O–H groups in total. The third-order valence-corrected chi connectivity index (χ3v) is 2.17. The van der Waals surface area contributed by atoms with Crippen molar-refractivity contribution in [3.8, 4) is 5.75 Å². The Morgan fingerprint density at radius 2 is 2.13 bits per heavy atom. The van der Waals surface area contributed by atoms with Gasteiger partial charge < -0.3 is 9.84 Å².